The van der Waals surface area contributed by atoms with E-state index in [0.717, 1.165) is 15.8 Å². The van der Waals surface area contributed by atoms with E-state index in [9.17, 15) is 0 Å². The van der Waals surface area contributed by atoms with E-state index < -0.39 is 0 Å². The van der Waals surface area contributed by atoms with E-state index >= 15 is 0 Å². The monoisotopic (exact) mass is 240 g/mol. The molecular formula is C8H12N6OS. The van der Waals surface area contributed by atoms with Crippen molar-refractivity contribution in [3.8, 4) is 0 Å². The van der Waals surface area contributed by atoms with Gasteiger partial charge in [-0.25, -0.2) is 4.68 Å². The van der Waals surface area contributed by atoms with Crippen molar-refractivity contribution in [1.82, 2.24) is 25.2 Å². The van der Waals surface area contributed by atoms with Gasteiger partial charge in [0.05, 0.1) is 25.9 Å². The average Bonchev–Trinajstić information content (AvgIpc) is 2.85. The molecule has 2 heterocycles. The summed E-state index contributed by atoms with van der Waals surface area (Å²) in [6.45, 7) is 2.98. The summed E-state index contributed by atoms with van der Waals surface area (Å²) in [7, 11) is 0. The number of nitrogens with one attached hydrogen (secondary N) is 1. The zero-order valence-electron chi connectivity index (χ0n) is 8.79. The summed E-state index contributed by atoms with van der Waals surface area (Å²) in [4.78, 5) is 0. The molecule has 0 aromatic carbocycles. The zero-order valence-corrected chi connectivity index (χ0v) is 9.61. The largest absolute Gasteiger partial charge is 0.394 e. The lowest BCUT2D eigenvalue weighted by atomic mass is 10.5. The van der Waals surface area contributed by atoms with Crippen molar-refractivity contribution in [2.24, 2.45) is 0 Å². The molecule has 2 N–H and O–H groups in total. The van der Waals surface area contributed by atoms with Gasteiger partial charge in [0.1, 0.15) is 10.7 Å². The van der Waals surface area contributed by atoms with Crippen LogP contribution in [0.5, 0.6) is 0 Å². The Morgan fingerprint density at radius 1 is 1.44 bits per heavy atom. The molecule has 0 atom stereocenters. The Bertz CT molecular complexity index is 453. The molecule has 8 heteroatoms. The molecule has 16 heavy (non-hydrogen) atoms. The molecule has 0 aliphatic carbocycles. The third-order valence-corrected chi connectivity index (χ3v) is 2.66. The highest BCUT2D eigenvalue weighted by Gasteiger charge is 2.02. The molecule has 0 radical (unpaired) electrons. The number of aliphatic hydroxyl groups excluding tert-OH is 1. The summed E-state index contributed by atoms with van der Waals surface area (Å²) in [6.07, 6.45) is 1.79. The highest BCUT2D eigenvalue weighted by atomic mass is 32.1. The predicted molar refractivity (Wildman–Crippen MR) is 59.1 cm³/mol. The molecule has 0 bridgehead atoms. The van der Waals surface area contributed by atoms with Crippen LogP contribution in [0.15, 0.2) is 6.20 Å². The Morgan fingerprint density at radius 3 is 3.00 bits per heavy atom. The van der Waals surface area contributed by atoms with Crippen molar-refractivity contribution < 1.29 is 5.11 Å². The van der Waals surface area contributed by atoms with Gasteiger partial charge in [0, 0.05) is 0 Å². The lowest BCUT2D eigenvalue weighted by Crippen LogP contribution is -2.02. The van der Waals surface area contributed by atoms with Crippen LogP contribution in [-0.2, 0) is 13.1 Å². The Morgan fingerprint density at radius 2 is 2.31 bits per heavy atom. The van der Waals surface area contributed by atoms with Gasteiger partial charge < -0.3 is 10.4 Å². The molecule has 0 spiro atoms. The van der Waals surface area contributed by atoms with E-state index in [1.165, 1.54) is 11.3 Å². The SMILES string of the molecule is Cc1nnc(NCc2cn(CCO)nn2)s1. The van der Waals surface area contributed by atoms with Gasteiger partial charge in [-0.05, 0) is 6.92 Å². The van der Waals surface area contributed by atoms with Crippen molar-refractivity contribution in [1.29, 1.82) is 0 Å². The standard InChI is InChI=1S/C8H12N6OS/c1-6-10-12-8(16-6)9-4-7-5-14(2-3-15)13-11-7/h5,15H,2-4H2,1H3,(H,9,12). The Kier molecular flexibility index (Phi) is 3.42. The molecule has 2 rings (SSSR count). The molecule has 2 aromatic rings. The second-order valence-electron chi connectivity index (χ2n) is 3.18. The van der Waals surface area contributed by atoms with Crippen molar-refractivity contribution in [3.63, 3.8) is 0 Å². The van der Waals surface area contributed by atoms with Gasteiger partial charge in [-0.15, -0.1) is 15.3 Å². The summed E-state index contributed by atoms with van der Waals surface area (Å²) in [5.74, 6) is 0. The van der Waals surface area contributed by atoms with Gasteiger partial charge in [-0.3, -0.25) is 0 Å². The second-order valence-corrected chi connectivity index (χ2v) is 4.36. The number of rotatable bonds is 5. The molecule has 0 aliphatic heterocycles. The molecule has 86 valence electrons. The summed E-state index contributed by atoms with van der Waals surface area (Å²) >= 11 is 1.50. The average molecular weight is 240 g/mol. The third-order valence-electron chi connectivity index (χ3n) is 1.86. The van der Waals surface area contributed by atoms with Crippen molar-refractivity contribution in [2.75, 3.05) is 11.9 Å². The van der Waals surface area contributed by atoms with Crippen LogP contribution in [0.1, 0.15) is 10.7 Å². The molecule has 2 aromatic heterocycles. The fraction of sp³-hybridized carbons (Fsp3) is 0.500. The van der Waals surface area contributed by atoms with Crippen molar-refractivity contribution in [2.45, 2.75) is 20.0 Å². The fourth-order valence-corrected chi connectivity index (χ4v) is 1.75. The second kappa shape index (κ2) is 4.99. The lowest BCUT2D eigenvalue weighted by molar-refractivity contribution is 0.268. The smallest absolute Gasteiger partial charge is 0.205 e. The molecule has 7 nitrogen and oxygen atoms in total. The van der Waals surface area contributed by atoms with Gasteiger partial charge in [0.15, 0.2) is 0 Å². The van der Waals surface area contributed by atoms with E-state index in [-0.39, 0.29) is 6.61 Å². The molecule has 0 aliphatic rings. The maximum atomic E-state index is 8.72. The number of aryl methyl sites for hydroxylation is 1. The van der Waals surface area contributed by atoms with E-state index in [1.54, 1.807) is 10.9 Å². The first-order chi connectivity index (χ1) is 7.78. The van der Waals surface area contributed by atoms with Gasteiger partial charge in [-0.1, -0.05) is 16.6 Å². The Labute approximate surface area is 96.1 Å². The fourth-order valence-electron chi connectivity index (χ4n) is 1.17. The highest BCUT2D eigenvalue weighted by molar-refractivity contribution is 7.15. The van der Waals surface area contributed by atoms with Gasteiger partial charge in [-0.2, -0.15) is 0 Å². The first-order valence-corrected chi connectivity index (χ1v) is 5.63. The van der Waals surface area contributed by atoms with E-state index in [1.807, 2.05) is 6.92 Å². The van der Waals surface area contributed by atoms with E-state index in [4.69, 9.17) is 5.11 Å². The first-order valence-electron chi connectivity index (χ1n) is 4.82. The van der Waals surface area contributed by atoms with Crippen LogP contribution in [-0.4, -0.2) is 36.9 Å². The Hall–Kier alpha value is -1.54. The number of hydrogen-bond donors (Lipinski definition) is 2. The number of hydrogen-bond acceptors (Lipinski definition) is 7. The van der Waals surface area contributed by atoms with Gasteiger partial charge >= 0.3 is 0 Å². The van der Waals surface area contributed by atoms with Crippen LogP contribution in [0.2, 0.25) is 0 Å². The topological polar surface area (TPSA) is 88.8 Å². The highest BCUT2D eigenvalue weighted by Crippen LogP contribution is 2.14. The maximum absolute atomic E-state index is 8.72. The molecule has 0 fully saturated rings. The van der Waals surface area contributed by atoms with Gasteiger partial charge in [0.25, 0.3) is 0 Å². The van der Waals surface area contributed by atoms with Crippen molar-refractivity contribution >= 4 is 16.5 Å². The molecule has 0 saturated carbocycles. The first kappa shape index (κ1) is 11.0. The minimum Gasteiger partial charge on any atom is -0.394 e. The summed E-state index contributed by atoms with van der Waals surface area (Å²) in [5.41, 5.74) is 0.807. The number of nitrogens with zero attached hydrogens (tertiary/aromatic N) is 5. The lowest BCUT2D eigenvalue weighted by Gasteiger charge is -1.96. The minimum absolute atomic E-state index is 0.0613. The summed E-state index contributed by atoms with van der Waals surface area (Å²) in [6, 6.07) is 0. The Balaban J connectivity index is 1.89. The van der Waals surface area contributed by atoms with Crippen LogP contribution in [0.4, 0.5) is 5.13 Å². The molecule has 0 saturated heterocycles. The zero-order chi connectivity index (χ0) is 11.4. The number of aromatic nitrogens is 5. The minimum atomic E-state index is 0.0613. The number of aliphatic hydroxyl groups is 1. The van der Waals surface area contributed by atoms with Crippen LogP contribution in [0.3, 0.4) is 0 Å². The van der Waals surface area contributed by atoms with Crippen LogP contribution >= 0.6 is 11.3 Å². The van der Waals surface area contributed by atoms with E-state index in [0.29, 0.717) is 13.1 Å². The molecular weight excluding hydrogens is 228 g/mol. The van der Waals surface area contributed by atoms with E-state index in [2.05, 4.69) is 25.8 Å². The van der Waals surface area contributed by atoms with Crippen LogP contribution < -0.4 is 5.32 Å². The third kappa shape index (κ3) is 2.74. The maximum Gasteiger partial charge on any atom is 0.205 e. The summed E-state index contributed by atoms with van der Waals surface area (Å²) < 4.78 is 1.60. The molecule has 0 amide bonds. The van der Waals surface area contributed by atoms with Crippen LogP contribution in [0.25, 0.3) is 0 Å². The van der Waals surface area contributed by atoms with Crippen LogP contribution in [0, 0.1) is 6.92 Å². The van der Waals surface area contributed by atoms with Crippen molar-refractivity contribution in [3.05, 3.63) is 16.9 Å². The quantitative estimate of drug-likeness (QED) is 0.767. The molecule has 0 unspecified atom stereocenters. The van der Waals surface area contributed by atoms with Gasteiger partial charge in [0.2, 0.25) is 5.13 Å². The number of anilines is 1. The summed E-state index contributed by atoms with van der Waals surface area (Å²) in [5, 5.41) is 29.2. The normalized spacial score (nSPS) is 10.6. The predicted octanol–water partition coefficient (Wildman–Crippen LogP) is 0.0424.